The predicted molar refractivity (Wildman–Crippen MR) is 81.7 cm³/mol. The summed E-state index contributed by atoms with van der Waals surface area (Å²) in [4.78, 5) is 14.5. The van der Waals surface area contributed by atoms with E-state index in [9.17, 15) is 4.79 Å². The average Bonchev–Trinajstić information content (AvgIpc) is 2.82. The second kappa shape index (κ2) is 6.79. The molecule has 0 radical (unpaired) electrons. The Morgan fingerprint density at radius 3 is 2.80 bits per heavy atom. The molecule has 1 saturated heterocycles. The maximum atomic E-state index is 12.1. The Morgan fingerprint density at radius 1 is 1.45 bits per heavy atom. The normalized spacial score (nSPS) is 17.3. The maximum absolute atomic E-state index is 12.1. The van der Waals surface area contributed by atoms with Crippen molar-refractivity contribution in [2.75, 3.05) is 32.4 Å². The molecule has 1 aliphatic rings. The van der Waals surface area contributed by atoms with Crippen molar-refractivity contribution >= 4 is 11.6 Å². The summed E-state index contributed by atoms with van der Waals surface area (Å²) in [5, 5.41) is 3.02. The minimum absolute atomic E-state index is 0.0172. The zero-order valence-corrected chi connectivity index (χ0v) is 12.6. The molecule has 2 rings (SSSR count). The number of aromatic nitrogens is 1. The van der Waals surface area contributed by atoms with Crippen LogP contribution >= 0.6 is 0 Å². The van der Waals surface area contributed by atoms with Gasteiger partial charge in [-0.25, -0.2) is 0 Å². The molecule has 0 unspecified atom stereocenters. The number of nitrogen functional groups attached to an aromatic ring is 1. The first kappa shape index (κ1) is 14.9. The van der Waals surface area contributed by atoms with Gasteiger partial charge in [0.05, 0.1) is 5.69 Å². The summed E-state index contributed by atoms with van der Waals surface area (Å²) in [6.07, 6.45) is 5.36. The van der Waals surface area contributed by atoms with Crippen LogP contribution in [0.4, 0.5) is 5.69 Å². The van der Waals surface area contributed by atoms with E-state index in [1.807, 2.05) is 17.7 Å². The number of anilines is 1. The molecule has 0 bridgehead atoms. The molecule has 2 heterocycles. The van der Waals surface area contributed by atoms with Crippen molar-refractivity contribution < 1.29 is 4.79 Å². The van der Waals surface area contributed by atoms with Crippen LogP contribution in [0.25, 0.3) is 0 Å². The number of rotatable bonds is 5. The summed E-state index contributed by atoms with van der Waals surface area (Å²) in [7, 11) is 2.17. The largest absolute Gasteiger partial charge is 0.397 e. The lowest BCUT2D eigenvalue weighted by Gasteiger charge is -2.28. The SMILES string of the molecule is CCn1cc(N)cc1C(=O)NCCC1CCN(C)CC1. The second-order valence-corrected chi connectivity index (χ2v) is 5.74. The van der Waals surface area contributed by atoms with E-state index >= 15 is 0 Å². The molecule has 20 heavy (non-hydrogen) atoms. The van der Waals surface area contributed by atoms with E-state index in [-0.39, 0.29) is 5.91 Å². The van der Waals surface area contributed by atoms with Crippen LogP contribution in [-0.4, -0.2) is 42.1 Å². The number of nitrogens with one attached hydrogen (secondary N) is 1. The summed E-state index contributed by atoms with van der Waals surface area (Å²) in [5.74, 6) is 0.728. The molecule has 1 aromatic rings. The topological polar surface area (TPSA) is 63.3 Å². The molecule has 3 N–H and O–H groups in total. The molecule has 5 nitrogen and oxygen atoms in total. The summed E-state index contributed by atoms with van der Waals surface area (Å²) >= 11 is 0. The quantitative estimate of drug-likeness (QED) is 0.859. The van der Waals surface area contributed by atoms with Crippen molar-refractivity contribution in [1.82, 2.24) is 14.8 Å². The molecular formula is C15H26N4O. The van der Waals surface area contributed by atoms with Gasteiger partial charge in [0.2, 0.25) is 0 Å². The van der Waals surface area contributed by atoms with E-state index in [1.165, 1.54) is 25.9 Å². The predicted octanol–water partition coefficient (Wildman–Crippen LogP) is 1.55. The van der Waals surface area contributed by atoms with Crippen molar-refractivity contribution in [1.29, 1.82) is 0 Å². The van der Waals surface area contributed by atoms with Crippen LogP contribution in [0.2, 0.25) is 0 Å². The second-order valence-electron chi connectivity index (χ2n) is 5.74. The van der Waals surface area contributed by atoms with Crippen molar-refractivity contribution in [3.8, 4) is 0 Å². The summed E-state index contributed by atoms with van der Waals surface area (Å²) in [5.41, 5.74) is 7.05. The molecule has 1 aromatic heterocycles. The molecule has 0 saturated carbocycles. The molecule has 112 valence electrons. The fraction of sp³-hybridized carbons (Fsp3) is 0.667. The summed E-state index contributed by atoms with van der Waals surface area (Å²) in [6, 6.07) is 1.74. The van der Waals surface area contributed by atoms with Gasteiger partial charge in [-0.05, 0) is 58.3 Å². The fourth-order valence-corrected chi connectivity index (χ4v) is 2.82. The summed E-state index contributed by atoms with van der Waals surface area (Å²) < 4.78 is 1.89. The van der Waals surface area contributed by atoms with Gasteiger partial charge in [0.25, 0.3) is 5.91 Å². The van der Waals surface area contributed by atoms with Crippen molar-refractivity contribution in [2.45, 2.75) is 32.7 Å². The molecule has 1 fully saturated rings. The van der Waals surface area contributed by atoms with Crippen molar-refractivity contribution in [2.24, 2.45) is 5.92 Å². The van der Waals surface area contributed by atoms with Crippen LogP contribution in [0.3, 0.4) is 0 Å². The van der Waals surface area contributed by atoms with E-state index in [1.54, 1.807) is 6.07 Å². The van der Waals surface area contributed by atoms with E-state index in [4.69, 9.17) is 5.73 Å². The van der Waals surface area contributed by atoms with Crippen LogP contribution in [0.15, 0.2) is 12.3 Å². The number of hydrogen-bond donors (Lipinski definition) is 2. The molecule has 1 amide bonds. The van der Waals surface area contributed by atoms with Gasteiger partial charge in [-0.1, -0.05) is 0 Å². The number of carbonyl (C=O) groups is 1. The zero-order valence-electron chi connectivity index (χ0n) is 12.6. The Balaban J connectivity index is 1.77. The van der Waals surface area contributed by atoms with Gasteiger partial charge in [0.1, 0.15) is 5.69 Å². The number of likely N-dealkylation sites (tertiary alicyclic amines) is 1. The standard InChI is InChI=1S/C15H26N4O/c1-3-19-11-13(16)10-14(19)15(20)17-7-4-12-5-8-18(2)9-6-12/h10-12H,3-9,16H2,1-2H3,(H,17,20). The van der Waals surface area contributed by atoms with E-state index in [0.717, 1.165) is 25.4 Å². The van der Waals surface area contributed by atoms with Gasteiger partial charge in [-0.15, -0.1) is 0 Å². The fourth-order valence-electron chi connectivity index (χ4n) is 2.82. The molecule has 1 aliphatic heterocycles. The third-order valence-electron chi connectivity index (χ3n) is 4.17. The molecule has 0 atom stereocenters. The highest BCUT2D eigenvalue weighted by atomic mass is 16.1. The van der Waals surface area contributed by atoms with Gasteiger partial charge in [0, 0.05) is 19.3 Å². The van der Waals surface area contributed by atoms with Gasteiger partial charge in [-0.2, -0.15) is 0 Å². The number of carbonyl (C=O) groups excluding carboxylic acids is 1. The number of piperidine rings is 1. The number of amides is 1. The minimum atomic E-state index is -0.0172. The van der Waals surface area contributed by atoms with Crippen LogP contribution in [0.1, 0.15) is 36.7 Å². The molecule has 0 aliphatic carbocycles. The Morgan fingerprint density at radius 2 is 2.15 bits per heavy atom. The van der Waals surface area contributed by atoms with Crippen molar-refractivity contribution in [3.63, 3.8) is 0 Å². The zero-order chi connectivity index (χ0) is 14.5. The Labute approximate surface area is 121 Å². The first-order chi connectivity index (χ1) is 9.60. The molecule has 0 aromatic carbocycles. The average molecular weight is 278 g/mol. The van der Waals surface area contributed by atoms with Gasteiger partial charge in [-0.3, -0.25) is 4.79 Å². The van der Waals surface area contributed by atoms with Gasteiger partial charge >= 0.3 is 0 Å². The first-order valence-corrected chi connectivity index (χ1v) is 7.52. The highest BCUT2D eigenvalue weighted by molar-refractivity contribution is 5.93. The molecule has 0 spiro atoms. The lowest BCUT2D eigenvalue weighted by molar-refractivity contribution is 0.0940. The Hall–Kier alpha value is -1.49. The third-order valence-corrected chi connectivity index (χ3v) is 4.17. The lowest BCUT2D eigenvalue weighted by atomic mass is 9.94. The minimum Gasteiger partial charge on any atom is -0.397 e. The first-order valence-electron chi connectivity index (χ1n) is 7.52. The third kappa shape index (κ3) is 3.76. The highest BCUT2D eigenvalue weighted by Gasteiger charge is 2.17. The van der Waals surface area contributed by atoms with E-state index in [2.05, 4.69) is 17.3 Å². The number of aryl methyl sites for hydroxylation is 1. The van der Waals surface area contributed by atoms with Crippen LogP contribution in [0.5, 0.6) is 0 Å². The van der Waals surface area contributed by atoms with Crippen LogP contribution in [-0.2, 0) is 6.54 Å². The van der Waals surface area contributed by atoms with E-state index in [0.29, 0.717) is 11.4 Å². The number of nitrogens with two attached hydrogens (primary N) is 1. The smallest absolute Gasteiger partial charge is 0.267 e. The van der Waals surface area contributed by atoms with E-state index < -0.39 is 0 Å². The van der Waals surface area contributed by atoms with Crippen LogP contribution in [0, 0.1) is 5.92 Å². The monoisotopic (exact) mass is 278 g/mol. The molecular weight excluding hydrogens is 252 g/mol. The highest BCUT2D eigenvalue weighted by Crippen LogP contribution is 2.18. The van der Waals surface area contributed by atoms with Gasteiger partial charge < -0.3 is 20.5 Å². The maximum Gasteiger partial charge on any atom is 0.267 e. The Bertz CT molecular complexity index is 447. The lowest BCUT2D eigenvalue weighted by Crippen LogP contribution is -2.33. The van der Waals surface area contributed by atoms with Crippen molar-refractivity contribution in [3.05, 3.63) is 18.0 Å². The van der Waals surface area contributed by atoms with Crippen LogP contribution < -0.4 is 11.1 Å². The number of nitrogens with zero attached hydrogens (tertiary/aromatic N) is 2. The van der Waals surface area contributed by atoms with Gasteiger partial charge in [0.15, 0.2) is 0 Å². The Kier molecular flexibility index (Phi) is 5.06. The number of hydrogen-bond acceptors (Lipinski definition) is 3. The molecule has 5 heteroatoms. The summed E-state index contributed by atoms with van der Waals surface area (Å²) in [6.45, 7) is 5.87.